The zero-order chi connectivity index (χ0) is 14.5. The Kier molecular flexibility index (Phi) is 2.83. The molecule has 1 saturated heterocycles. The molecule has 1 aromatic rings. The topological polar surface area (TPSA) is 72.6 Å². The molecular formula is C15H18N2O3. The van der Waals surface area contributed by atoms with Gasteiger partial charge in [-0.2, -0.15) is 0 Å². The van der Waals surface area contributed by atoms with Crippen molar-refractivity contribution in [3.63, 3.8) is 0 Å². The second-order valence-corrected chi connectivity index (χ2v) is 6.06. The maximum Gasteiger partial charge on any atom is 0.261 e. The molecule has 5 nitrogen and oxygen atoms in total. The fraction of sp³-hybridized carbons (Fsp3) is 0.467. The average molecular weight is 274 g/mol. The minimum Gasteiger partial charge on any atom is -0.399 e. The lowest BCUT2D eigenvalue weighted by atomic mass is 10.1. The number of amides is 2. The molecule has 0 radical (unpaired) electrons. The van der Waals surface area contributed by atoms with Gasteiger partial charge in [0.1, 0.15) is 0 Å². The van der Waals surface area contributed by atoms with E-state index >= 15 is 0 Å². The van der Waals surface area contributed by atoms with Gasteiger partial charge in [0.15, 0.2) is 0 Å². The Morgan fingerprint density at radius 2 is 2.00 bits per heavy atom. The summed E-state index contributed by atoms with van der Waals surface area (Å²) in [6.45, 7) is 4.36. The molecule has 106 valence electrons. The van der Waals surface area contributed by atoms with Crippen LogP contribution in [0.5, 0.6) is 0 Å². The second kappa shape index (κ2) is 4.31. The van der Waals surface area contributed by atoms with Gasteiger partial charge < -0.3 is 10.5 Å². The summed E-state index contributed by atoms with van der Waals surface area (Å²) >= 11 is 0. The molecule has 0 aromatic heterocycles. The van der Waals surface area contributed by atoms with Gasteiger partial charge in [0.25, 0.3) is 11.8 Å². The Morgan fingerprint density at radius 3 is 2.65 bits per heavy atom. The first-order chi connectivity index (χ1) is 9.37. The summed E-state index contributed by atoms with van der Waals surface area (Å²) in [4.78, 5) is 25.9. The zero-order valence-electron chi connectivity index (χ0n) is 11.7. The van der Waals surface area contributed by atoms with Crippen molar-refractivity contribution in [1.29, 1.82) is 0 Å². The van der Waals surface area contributed by atoms with Crippen LogP contribution in [0.25, 0.3) is 0 Å². The van der Waals surface area contributed by atoms with Crippen molar-refractivity contribution in [2.45, 2.75) is 38.4 Å². The first-order valence-corrected chi connectivity index (χ1v) is 6.81. The lowest BCUT2D eigenvalue weighted by molar-refractivity contribution is -0.0242. The number of anilines is 1. The number of rotatable bonds is 2. The van der Waals surface area contributed by atoms with Gasteiger partial charge in [-0.05, 0) is 44.9 Å². The third kappa shape index (κ3) is 2.08. The number of imide groups is 1. The summed E-state index contributed by atoms with van der Waals surface area (Å²) in [6.07, 6.45) is 1.72. The van der Waals surface area contributed by atoms with Crippen LogP contribution in [0.4, 0.5) is 5.69 Å². The Hall–Kier alpha value is -1.88. The maximum absolute atomic E-state index is 12.3. The normalized spacial score (nSPS) is 24.3. The standard InChI is InChI=1S/C15H18N2O3/c1-15(2)6-5-10(20-15)8-17-13(18)11-4-3-9(16)7-12(11)14(17)19/h3-4,7,10H,5-6,8,16H2,1-2H3. The average Bonchev–Trinajstić information content (AvgIpc) is 2.83. The molecule has 0 spiro atoms. The van der Waals surface area contributed by atoms with Gasteiger partial charge in [0.2, 0.25) is 0 Å². The van der Waals surface area contributed by atoms with Gasteiger partial charge in [0, 0.05) is 5.69 Å². The highest BCUT2D eigenvalue weighted by molar-refractivity contribution is 6.21. The fourth-order valence-corrected chi connectivity index (χ4v) is 2.88. The third-order valence-electron chi connectivity index (χ3n) is 3.94. The summed E-state index contributed by atoms with van der Waals surface area (Å²) < 4.78 is 5.86. The van der Waals surface area contributed by atoms with Gasteiger partial charge >= 0.3 is 0 Å². The van der Waals surface area contributed by atoms with Gasteiger partial charge in [-0.25, -0.2) is 0 Å². The smallest absolute Gasteiger partial charge is 0.261 e. The van der Waals surface area contributed by atoms with Crippen molar-refractivity contribution in [3.05, 3.63) is 29.3 Å². The lowest BCUT2D eigenvalue weighted by Crippen LogP contribution is -2.37. The molecule has 1 fully saturated rings. The van der Waals surface area contributed by atoms with Crippen LogP contribution in [0.1, 0.15) is 47.4 Å². The number of nitrogen functional groups attached to an aromatic ring is 1. The van der Waals surface area contributed by atoms with Gasteiger partial charge in [0.05, 0.1) is 29.4 Å². The highest BCUT2D eigenvalue weighted by Gasteiger charge is 2.40. The van der Waals surface area contributed by atoms with E-state index in [0.29, 0.717) is 23.4 Å². The molecule has 0 aliphatic carbocycles. The van der Waals surface area contributed by atoms with Gasteiger partial charge in [-0.1, -0.05) is 0 Å². The summed E-state index contributed by atoms with van der Waals surface area (Å²) in [5, 5.41) is 0. The van der Waals surface area contributed by atoms with Gasteiger partial charge in [-0.15, -0.1) is 0 Å². The van der Waals surface area contributed by atoms with Crippen LogP contribution >= 0.6 is 0 Å². The van der Waals surface area contributed by atoms with Crippen molar-refractivity contribution < 1.29 is 14.3 Å². The molecule has 1 unspecified atom stereocenters. The van der Waals surface area contributed by atoms with E-state index in [-0.39, 0.29) is 23.5 Å². The first kappa shape index (κ1) is 13.1. The molecule has 2 heterocycles. The van der Waals surface area contributed by atoms with E-state index in [1.54, 1.807) is 18.2 Å². The molecule has 2 amide bonds. The number of benzene rings is 1. The second-order valence-electron chi connectivity index (χ2n) is 6.06. The van der Waals surface area contributed by atoms with Crippen molar-refractivity contribution in [2.24, 2.45) is 0 Å². The van der Waals surface area contributed by atoms with E-state index in [9.17, 15) is 9.59 Å². The maximum atomic E-state index is 12.3. The minimum atomic E-state index is -0.273. The number of hydrogen-bond donors (Lipinski definition) is 1. The fourth-order valence-electron chi connectivity index (χ4n) is 2.88. The number of nitrogens with zero attached hydrogens (tertiary/aromatic N) is 1. The van der Waals surface area contributed by atoms with E-state index in [0.717, 1.165) is 12.8 Å². The van der Waals surface area contributed by atoms with Crippen molar-refractivity contribution in [2.75, 3.05) is 12.3 Å². The van der Waals surface area contributed by atoms with Crippen LogP contribution in [-0.4, -0.2) is 35.0 Å². The van der Waals surface area contributed by atoms with Gasteiger partial charge in [-0.3, -0.25) is 14.5 Å². The quantitative estimate of drug-likeness (QED) is 0.659. The van der Waals surface area contributed by atoms with E-state index < -0.39 is 0 Å². The Balaban J connectivity index is 1.80. The predicted octanol–water partition coefficient (Wildman–Crippen LogP) is 1.82. The highest BCUT2D eigenvalue weighted by Crippen LogP contribution is 2.32. The summed E-state index contributed by atoms with van der Waals surface area (Å²) in [7, 11) is 0. The first-order valence-electron chi connectivity index (χ1n) is 6.81. The number of ether oxygens (including phenoxy) is 1. The molecule has 2 aliphatic heterocycles. The number of nitrogens with two attached hydrogens (primary N) is 1. The molecule has 0 bridgehead atoms. The van der Waals surface area contributed by atoms with E-state index in [2.05, 4.69) is 0 Å². The summed E-state index contributed by atoms with van der Waals surface area (Å²) in [6, 6.07) is 4.82. The van der Waals surface area contributed by atoms with Crippen molar-refractivity contribution >= 4 is 17.5 Å². The molecule has 1 atom stereocenters. The van der Waals surface area contributed by atoms with Crippen LogP contribution in [0.3, 0.4) is 0 Å². The van der Waals surface area contributed by atoms with Crippen molar-refractivity contribution in [3.8, 4) is 0 Å². The molecule has 2 aliphatic rings. The highest BCUT2D eigenvalue weighted by atomic mass is 16.5. The van der Waals surface area contributed by atoms with E-state index in [4.69, 9.17) is 10.5 Å². The number of hydrogen-bond acceptors (Lipinski definition) is 4. The van der Waals surface area contributed by atoms with E-state index in [1.807, 2.05) is 13.8 Å². The molecule has 3 rings (SSSR count). The minimum absolute atomic E-state index is 0.0791. The Bertz CT molecular complexity index is 595. The largest absolute Gasteiger partial charge is 0.399 e. The van der Waals surface area contributed by atoms with Crippen LogP contribution in [0.15, 0.2) is 18.2 Å². The lowest BCUT2D eigenvalue weighted by Gasteiger charge is -2.22. The van der Waals surface area contributed by atoms with E-state index in [1.165, 1.54) is 4.90 Å². The monoisotopic (exact) mass is 274 g/mol. The number of fused-ring (bicyclic) bond motifs is 1. The summed E-state index contributed by atoms with van der Waals surface area (Å²) in [5.74, 6) is -0.524. The predicted molar refractivity (Wildman–Crippen MR) is 74.4 cm³/mol. The molecule has 0 saturated carbocycles. The molecule has 5 heteroatoms. The van der Waals surface area contributed by atoms with Crippen LogP contribution in [0, 0.1) is 0 Å². The molecule has 2 N–H and O–H groups in total. The molecule has 20 heavy (non-hydrogen) atoms. The number of carbonyl (C=O) groups excluding carboxylic acids is 2. The third-order valence-corrected chi connectivity index (χ3v) is 3.94. The van der Waals surface area contributed by atoms with Crippen LogP contribution in [0.2, 0.25) is 0 Å². The van der Waals surface area contributed by atoms with Crippen molar-refractivity contribution in [1.82, 2.24) is 4.90 Å². The molecular weight excluding hydrogens is 256 g/mol. The summed E-state index contributed by atoms with van der Waals surface area (Å²) in [5.41, 5.74) is 6.82. The Morgan fingerprint density at radius 1 is 1.30 bits per heavy atom. The molecule has 1 aromatic carbocycles. The van der Waals surface area contributed by atoms with Crippen LogP contribution in [-0.2, 0) is 4.74 Å². The van der Waals surface area contributed by atoms with Crippen LogP contribution < -0.4 is 5.73 Å². The number of carbonyl (C=O) groups is 2. The Labute approximate surface area is 117 Å². The zero-order valence-corrected chi connectivity index (χ0v) is 11.7. The SMILES string of the molecule is CC1(C)CCC(CN2C(=O)c3ccc(N)cc3C2=O)O1.